The zero-order valence-corrected chi connectivity index (χ0v) is 11.1. The number of nitrogens with one attached hydrogen (secondary N) is 1. The molecular weight excluding hydrogens is 262 g/mol. The fourth-order valence-electron chi connectivity index (χ4n) is 1.54. The predicted molar refractivity (Wildman–Crippen MR) is 73.5 cm³/mol. The van der Waals surface area contributed by atoms with Gasteiger partial charge in [0.15, 0.2) is 0 Å². The first kappa shape index (κ1) is 15.5. The van der Waals surface area contributed by atoms with E-state index in [0.29, 0.717) is 24.2 Å². The van der Waals surface area contributed by atoms with E-state index in [-0.39, 0.29) is 12.5 Å². The minimum atomic E-state index is -0.895. The molecule has 0 saturated carbocycles. The highest BCUT2D eigenvalue weighted by molar-refractivity contribution is 5.95. The summed E-state index contributed by atoms with van der Waals surface area (Å²) in [5, 5.41) is 11.1. The topological polar surface area (TPSA) is 113 Å². The van der Waals surface area contributed by atoms with Gasteiger partial charge >= 0.3 is 12.0 Å². The van der Waals surface area contributed by atoms with Crippen LogP contribution in [0.4, 0.5) is 10.5 Å². The maximum absolute atomic E-state index is 11.8. The Morgan fingerprint density at radius 3 is 2.65 bits per heavy atom. The molecule has 0 radical (unpaired) electrons. The second kappa shape index (κ2) is 7.13. The molecule has 0 aromatic heterocycles. The molecule has 0 unspecified atom stereocenters. The molecule has 108 valence electrons. The van der Waals surface area contributed by atoms with Crippen LogP contribution in [0.15, 0.2) is 24.3 Å². The number of benzene rings is 1. The second-order valence-corrected chi connectivity index (χ2v) is 4.29. The van der Waals surface area contributed by atoms with Crippen molar-refractivity contribution in [3.8, 4) is 0 Å². The molecule has 0 spiro atoms. The Balaban J connectivity index is 2.54. The molecule has 0 heterocycles. The van der Waals surface area contributed by atoms with Crippen molar-refractivity contribution in [3.05, 3.63) is 29.8 Å². The van der Waals surface area contributed by atoms with E-state index < -0.39 is 11.9 Å². The minimum Gasteiger partial charge on any atom is -0.481 e. The number of carbonyl (C=O) groups excluding carboxylic acids is 2. The van der Waals surface area contributed by atoms with E-state index in [4.69, 9.17) is 10.8 Å². The number of aliphatic carboxylic acids is 1. The van der Waals surface area contributed by atoms with E-state index in [0.717, 1.165) is 0 Å². The molecule has 7 nitrogen and oxygen atoms in total. The lowest BCUT2D eigenvalue weighted by atomic mass is 10.2. The molecule has 0 aliphatic rings. The molecule has 0 atom stereocenters. The molecule has 3 amide bonds. The SMILES string of the molecule is CN(CCCC(=O)O)C(=O)Nc1cccc(C(N)=O)c1. The summed E-state index contributed by atoms with van der Waals surface area (Å²) in [4.78, 5) is 34.6. The number of nitrogens with two attached hydrogens (primary N) is 1. The van der Waals surface area contributed by atoms with Crippen LogP contribution in [-0.2, 0) is 4.79 Å². The first-order valence-corrected chi connectivity index (χ1v) is 6.04. The normalized spacial score (nSPS) is 9.85. The van der Waals surface area contributed by atoms with E-state index >= 15 is 0 Å². The lowest BCUT2D eigenvalue weighted by molar-refractivity contribution is -0.137. The Hall–Kier alpha value is -2.57. The number of rotatable bonds is 6. The summed E-state index contributed by atoms with van der Waals surface area (Å²) in [6.45, 7) is 0.327. The van der Waals surface area contributed by atoms with E-state index in [9.17, 15) is 14.4 Å². The monoisotopic (exact) mass is 279 g/mol. The summed E-state index contributed by atoms with van der Waals surface area (Å²) in [7, 11) is 1.56. The zero-order chi connectivity index (χ0) is 15.1. The first-order chi connectivity index (χ1) is 9.40. The fourth-order valence-corrected chi connectivity index (χ4v) is 1.54. The van der Waals surface area contributed by atoms with E-state index in [2.05, 4.69) is 5.32 Å². The molecule has 1 rings (SSSR count). The molecule has 0 saturated heterocycles. The molecular formula is C13H17N3O4. The number of primary amides is 1. The van der Waals surface area contributed by atoms with Crippen molar-refractivity contribution in [3.63, 3.8) is 0 Å². The maximum atomic E-state index is 11.8. The van der Waals surface area contributed by atoms with Crippen LogP contribution < -0.4 is 11.1 Å². The van der Waals surface area contributed by atoms with Crippen LogP contribution in [0.3, 0.4) is 0 Å². The average molecular weight is 279 g/mol. The number of amides is 3. The molecule has 1 aromatic rings. The van der Waals surface area contributed by atoms with Crippen molar-refractivity contribution < 1.29 is 19.5 Å². The van der Waals surface area contributed by atoms with Crippen LogP contribution in [0.1, 0.15) is 23.2 Å². The highest BCUT2D eigenvalue weighted by Gasteiger charge is 2.10. The zero-order valence-electron chi connectivity index (χ0n) is 11.1. The van der Waals surface area contributed by atoms with Crippen molar-refractivity contribution >= 4 is 23.6 Å². The highest BCUT2D eigenvalue weighted by Crippen LogP contribution is 2.11. The van der Waals surface area contributed by atoms with Crippen molar-refractivity contribution in [2.24, 2.45) is 5.73 Å². The lowest BCUT2D eigenvalue weighted by Crippen LogP contribution is -2.32. The number of hydrogen-bond donors (Lipinski definition) is 3. The highest BCUT2D eigenvalue weighted by atomic mass is 16.4. The van der Waals surface area contributed by atoms with Crippen LogP contribution in [-0.4, -0.2) is 41.5 Å². The van der Waals surface area contributed by atoms with Gasteiger partial charge in [-0.25, -0.2) is 4.79 Å². The first-order valence-electron chi connectivity index (χ1n) is 6.04. The Labute approximate surface area is 116 Å². The summed E-state index contributed by atoms with van der Waals surface area (Å²) in [5.41, 5.74) is 5.91. The third-order valence-corrected chi connectivity index (χ3v) is 2.63. The number of anilines is 1. The predicted octanol–water partition coefficient (Wildman–Crippen LogP) is 1.11. The number of nitrogens with zero attached hydrogens (tertiary/aromatic N) is 1. The number of urea groups is 1. The van der Waals surface area contributed by atoms with Crippen molar-refractivity contribution in [1.29, 1.82) is 0 Å². The van der Waals surface area contributed by atoms with Gasteiger partial charge in [0.05, 0.1) is 0 Å². The van der Waals surface area contributed by atoms with Gasteiger partial charge in [-0.05, 0) is 24.6 Å². The molecule has 0 fully saturated rings. The maximum Gasteiger partial charge on any atom is 0.321 e. The van der Waals surface area contributed by atoms with Gasteiger partial charge in [-0.2, -0.15) is 0 Å². The largest absolute Gasteiger partial charge is 0.481 e. The van der Waals surface area contributed by atoms with Crippen LogP contribution in [0.5, 0.6) is 0 Å². The fraction of sp³-hybridized carbons (Fsp3) is 0.308. The average Bonchev–Trinajstić information content (AvgIpc) is 2.38. The Morgan fingerprint density at radius 1 is 1.35 bits per heavy atom. The molecule has 20 heavy (non-hydrogen) atoms. The van der Waals surface area contributed by atoms with E-state index in [1.165, 1.54) is 11.0 Å². The quantitative estimate of drug-likeness (QED) is 0.724. The second-order valence-electron chi connectivity index (χ2n) is 4.29. The van der Waals surface area contributed by atoms with Gasteiger partial charge in [-0.3, -0.25) is 9.59 Å². The van der Waals surface area contributed by atoms with E-state index in [1.807, 2.05) is 0 Å². The standard InChI is InChI=1S/C13H17N3O4/c1-16(7-3-6-11(17)18)13(20)15-10-5-2-4-9(8-10)12(14)19/h2,4-5,8H,3,6-7H2,1H3,(H2,14,19)(H,15,20)(H,17,18). The van der Waals surface area contributed by atoms with Gasteiger partial charge in [0.1, 0.15) is 0 Å². The van der Waals surface area contributed by atoms with Crippen LogP contribution in [0, 0.1) is 0 Å². The summed E-state index contributed by atoms with van der Waals surface area (Å²) in [5.74, 6) is -1.47. The Morgan fingerprint density at radius 2 is 2.05 bits per heavy atom. The third kappa shape index (κ3) is 4.97. The molecule has 7 heteroatoms. The van der Waals surface area contributed by atoms with Crippen LogP contribution in [0.25, 0.3) is 0 Å². The van der Waals surface area contributed by atoms with Gasteiger partial charge in [-0.15, -0.1) is 0 Å². The third-order valence-electron chi connectivity index (χ3n) is 2.63. The molecule has 1 aromatic carbocycles. The van der Waals surface area contributed by atoms with Gasteiger partial charge in [-0.1, -0.05) is 6.07 Å². The van der Waals surface area contributed by atoms with Gasteiger partial charge in [0, 0.05) is 31.3 Å². The number of carbonyl (C=O) groups is 3. The molecule has 0 aliphatic heterocycles. The van der Waals surface area contributed by atoms with Crippen LogP contribution in [0.2, 0.25) is 0 Å². The number of carboxylic acid groups (broad SMARTS) is 1. The number of carboxylic acids is 1. The summed E-state index contributed by atoms with van der Waals surface area (Å²) < 4.78 is 0. The molecule has 0 bridgehead atoms. The van der Waals surface area contributed by atoms with Crippen LogP contribution >= 0.6 is 0 Å². The van der Waals surface area contributed by atoms with Gasteiger partial charge in [0.2, 0.25) is 5.91 Å². The van der Waals surface area contributed by atoms with Crippen molar-refractivity contribution in [1.82, 2.24) is 4.90 Å². The molecule has 4 N–H and O–H groups in total. The molecule has 0 aliphatic carbocycles. The smallest absolute Gasteiger partial charge is 0.321 e. The Kier molecular flexibility index (Phi) is 5.52. The van der Waals surface area contributed by atoms with E-state index in [1.54, 1.807) is 25.2 Å². The van der Waals surface area contributed by atoms with Crippen molar-refractivity contribution in [2.75, 3.05) is 18.9 Å². The van der Waals surface area contributed by atoms with Gasteiger partial charge in [0.25, 0.3) is 0 Å². The summed E-state index contributed by atoms with van der Waals surface area (Å²) in [6.07, 6.45) is 0.384. The lowest BCUT2D eigenvalue weighted by Gasteiger charge is -2.17. The van der Waals surface area contributed by atoms with Gasteiger partial charge < -0.3 is 21.1 Å². The minimum absolute atomic E-state index is 0.00871. The summed E-state index contributed by atoms with van der Waals surface area (Å²) in [6, 6.07) is 5.90. The number of hydrogen-bond acceptors (Lipinski definition) is 3. The van der Waals surface area contributed by atoms with Crippen molar-refractivity contribution in [2.45, 2.75) is 12.8 Å². The Bertz CT molecular complexity index is 516. The summed E-state index contributed by atoms with van der Waals surface area (Å²) >= 11 is 0.